The smallest absolute Gasteiger partial charge is 0.389 e. The third kappa shape index (κ3) is 7.64. The summed E-state index contributed by atoms with van der Waals surface area (Å²) < 4.78 is 39.6. The lowest BCUT2D eigenvalue weighted by Crippen LogP contribution is -2.09. The molecule has 0 aliphatic rings. The Kier molecular flexibility index (Phi) is 5.27. The van der Waals surface area contributed by atoms with E-state index < -0.39 is 18.6 Å². The van der Waals surface area contributed by atoms with E-state index in [1.54, 1.807) is 0 Å². The number of ether oxygens (including phenoxy) is 1. The molecule has 0 aromatic rings. The van der Waals surface area contributed by atoms with Crippen LogP contribution >= 0.6 is 0 Å². The largest absolute Gasteiger partial charge is 0.462 e. The summed E-state index contributed by atoms with van der Waals surface area (Å²) in [4.78, 5) is 10.8. The van der Waals surface area contributed by atoms with Crippen LogP contribution in [-0.4, -0.2) is 18.8 Å². The molecule has 0 unspecified atom stereocenters. The van der Waals surface area contributed by atoms with Crippen molar-refractivity contribution in [2.75, 3.05) is 6.61 Å². The van der Waals surface area contributed by atoms with Gasteiger partial charge in [-0.25, -0.2) is 4.79 Å². The summed E-state index contributed by atoms with van der Waals surface area (Å²) in [6.45, 7) is 4.84. The maximum atomic E-state index is 11.6. The molecule has 0 amide bonds. The second-order valence-corrected chi connectivity index (χ2v) is 2.99. The minimum absolute atomic E-state index is 0.0156. The molecule has 0 saturated carbocycles. The maximum absolute atomic E-state index is 11.6. The van der Waals surface area contributed by atoms with Crippen LogP contribution in [0.25, 0.3) is 0 Å². The molecule has 14 heavy (non-hydrogen) atoms. The van der Waals surface area contributed by atoms with E-state index in [-0.39, 0.29) is 25.0 Å². The number of esters is 1. The fourth-order valence-corrected chi connectivity index (χ4v) is 0.716. The highest BCUT2D eigenvalue weighted by atomic mass is 19.4. The summed E-state index contributed by atoms with van der Waals surface area (Å²) in [5.41, 5.74) is 0.251. The van der Waals surface area contributed by atoms with Gasteiger partial charge in [0, 0.05) is 12.0 Å². The zero-order valence-electron chi connectivity index (χ0n) is 7.99. The van der Waals surface area contributed by atoms with Gasteiger partial charge >= 0.3 is 12.1 Å². The standard InChI is InChI=1S/C9H13F3O2/c1-7(2)8(13)14-6-4-3-5-9(10,11)12/h1,3-6H2,2H3. The van der Waals surface area contributed by atoms with Crippen LogP contribution in [0.3, 0.4) is 0 Å². The molecule has 0 aromatic carbocycles. The topological polar surface area (TPSA) is 26.3 Å². The first-order valence-electron chi connectivity index (χ1n) is 4.22. The summed E-state index contributed by atoms with van der Waals surface area (Å²) in [5, 5.41) is 0. The second-order valence-electron chi connectivity index (χ2n) is 2.99. The van der Waals surface area contributed by atoms with Crippen LogP contribution in [0.5, 0.6) is 0 Å². The third-order valence-corrected chi connectivity index (χ3v) is 1.44. The van der Waals surface area contributed by atoms with Crippen LogP contribution in [0.4, 0.5) is 13.2 Å². The van der Waals surface area contributed by atoms with Gasteiger partial charge in [-0.1, -0.05) is 6.58 Å². The van der Waals surface area contributed by atoms with E-state index in [9.17, 15) is 18.0 Å². The van der Waals surface area contributed by atoms with Crippen LogP contribution in [0.2, 0.25) is 0 Å². The van der Waals surface area contributed by atoms with E-state index >= 15 is 0 Å². The zero-order chi connectivity index (χ0) is 11.2. The molecule has 0 heterocycles. The van der Waals surface area contributed by atoms with Crippen LogP contribution in [0, 0.1) is 0 Å². The van der Waals surface area contributed by atoms with Gasteiger partial charge in [-0.15, -0.1) is 0 Å². The minimum atomic E-state index is -4.13. The molecule has 0 saturated heterocycles. The Morgan fingerprint density at radius 2 is 1.93 bits per heavy atom. The molecule has 0 radical (unpaired) electrons. The predicted octanol–water partition coefficient (Wildman–Crippen LogP) is 2.84. The molecule has 2 nitrogen and oxygen atoms in total. The minimum Gasteiger partial charge on any atom is -0.462 e. The lowest BCUT2D eigenvalue weighted by molar-refractivity contribution is -0.140. The lowest BCUT2D eigenvalue weighted by atomic mass is 10.2. The van der Waals surface area contributed by atoms with Gasteiger partial charge in [0.2, 0.25) is 0 Å². The molecule has 0 aliphatic carbocycles. The Morgan fingerprint density at radius 1 is 1.36 bits per heavy atom. The van der Waals surface area contributed by atoms with Crippen LogP contribution < -0.4 is 0 Å². The Morgan fingerprint density at radius 3 is 2.36 bits per heavy atom. The molecule has 82 valence electrons. The molecule has 0 fully saturated rings. The van der Waals surface area contributed by atoms with Crippen LogP contribution in [0.15, 0.2) is 12.2 Å². The number of alkyl halides is 3. The molecule has 0 spiro atoms. The molecular formula is C9H13F3O2. The van der Waals surface area contributed by atoms with Gasteiger partial charge in [-0.05, 0) is 19.8 Å². The van der Waals surface area contributed by atoms with Crippen LogP contribution in [-0.2, 0) is 9.53 Å². The Bertz CT molecular complexity index is 209. The molecule has 0 rings (SSSR count). The van der Waals surface area contributed by atoms with Crippen molar-refractivity contribution in [1.29, 1.82) is 0 Å². The van der Waals surface area contributed by atoms with Gasteiger partial charge in [0.25, 0.3) is 0 Å². The highest BCUT2D eigenvalue weighted by Crippen LogP contribution is 2.21. The maximum Gasteiger partial charge on any atom is 0.389 e. The van der Waals surface area contributed by atoms with Crippen molar-refractivity contribution in [3.8, 4) is 0 Å². The van der Waals surface area contributed by atoms with E-state index in [0.29, 0.717) is 0 Å². The van der Waals surface area contributed by atoms with E-state index in [1.807, 2.05) is 0 Å². The number of carbonyl (C=O) groups is 1. The van der Waals surface area contributed by atoms with E-state index in [0.717, 1.165) is 0 Å². The molecule has 0 atom stereocenters. The predicted molar refractivity (Wildman–Crippen MR) is 45.7 cm³/mol. The van der Waals surface area contributed by atoms with Gasteiger partial charge in [-0.3, -0.25) is 0 Å². The molecule has 5 heteroatoms. The monoisotopic (exact) mass is 210 g/mol. The zero-order valence-corrected chi connectivity index (χ0v) is 7.99. The normalized spacial score (nSPS) is 11.1. The summed E-state index contributed by atoms with van der Waals surface area (Å²) in [5.74, 6) is -0.558. The van der Waals surface area contributed by atoms with Crippen molar-refractivity contribution in [2.24, 2.45) is 0 Å². The number of unbranched alkanes of at least 4 members (excludes halogenated alkanes) is 1. The van der Waals surface area contributed by atoms with E-state index in [2.05, 4.69) is 11.3 Å². The molecule has 0 aliphatic heterocycles. The summed E-state index contributed by atoms with van der Waals surface area (Å²) in [6, 6.07) is 0. The molecule has 0 N–H and O–H groups in total. The first-order valence-corrected chi connectivity index (χ1v) is 4.22. The van der Waals surface area contributed by atoms with Gasteiger partial charge in [0.1, 0.15) is 0 Å². The molecular weight excluding hydrogens is 197 g/mol. The molecule has 0 aromatic heterocycles. The average molecular weight is 210 g/mol. The van der Waals surface area contributed by atoms with Gasteiger partial charge in [0.15, 0.2) is 0 Å². The lowest BCUT2D eigenvalue weighted by Gasteiger charge is -2.06. The molecule has 0 bridgehead atoms. The number of rotatable bonds is 5. The number of halogens is 3. The van der Waals surface area contributed by atoms with Crippen molar-refractivity contribution in [1.82, 2.24) is 0 Å². The van der Waals surface area contributed by atoms with Crippen molar-refractivity contribution < 1.29 is 22.7 Å². The summed E-state index contributed by atoms with van der Waals surface area (Å²) >= 11 is 0. The highest BCUT2D eigenvalue weighted by Gasteiger charge is 2.25. The first-order chi connectivity index (χ1) is 6.33. The summed E-state index contributed by atoms with van der Waals surface area (Å²) in [7, 11) is 0. The van der Waals surface area contributed by atoms with Crippen molar-refractivity contribution >= 4 is 5.97 Å². The fourth-order valence-electron chi connectivity index (χ4n) is 0.716. The highest BCUT2D eigenvalue weighted by molar-refractivity contribution is 5.86. The van der Waals surface area contributed by atoms with Crippen LogP contribution in [0.1, 0.15) is 26.2 Å². The van der Waals surface area contributed by atoms with Gasteiger partial charge in [-0.2, -0.15) is 13.2 Å². The first kappa shape index (κ1) is 13.0. The number of hydrogen-bond acceptors (Lipinski definition) is 2. The Balaban J connectivity index is 3.39. The van der Waals surface area contributed by atoms with Gasteiger partial charge < -0.3 is 4.74 Å². The Hall–Kier alpha value is -1.00. The third-order valence-electron chi connectivity index (χ3n) is 1.44. The second kappa shape index (κ2) is 5.67. The average Bonchev–Trinajstić information content (AvgIpc) is 2.01. The quantitative estimate of drug-likeness (QED) is 0.396. The number of carbonyl (C=O) groups excluding carboxylic acids is 1. The van der Waals surface area contributed by atoms with Gasteiger partial charge in [0.05, 0.1) is 6.61 Å². The summed E-state index contributed by atoms with van der Waals surface area (Å²) in [6.07, 6.45) is -4.76. The number of hydrogen-bond donors (Lipinski definition) is 0. The van der Waals surface area contributed by atoms with Crippen molar-refractivity contribution in [3.63, 3.8) is 0 Å². The fraction of sp³-hybridized carbons (Fsp3) is 0.667. The Labute approximate surface area is 80.7 Å². The van der Waals surface area contributed by atoms with Crippen molar-refractivity contribution in [2.45, 2.75) is 32.4 Å². The van der Waals surface area contributed by atoms with Crippen molar-refractivity contribution in [3.05, 3.63) is 12.2 Å². The SMILES string of the molecule is C=C(C)C(=O)OCCCCC(F)(F)F. The van der Waals surface area contributed by atoms with E-state index in [4.69, 9.17) is 0 Å². The van der Waals surface area contributed by atoms with E-state index in [1.165, 1.54) is 6.92 Å².